The number of halogens is 1. The smallest absolute Gasteiger partial charge is 0.256 e. The predicted octanol–water partition coefficient (Wildman–Crippen LogP) is 0.226. The number of anilines is 1. The highest BCUT2D eigenvalue weighted by molar-refractivity contribution is 6.00. The van der Waals surface area contributed by atoms with Gasteiger partial charge in [-0.25, -0.2) is 4.39 Å². The van der Waals surface area contributed by atoms with Gasteiger partial charge in [0, 0.05) is 14.1 Å². The number of hydrogen-bond acceptors (Lipinski definition) is 3. The van der Waals surface area contributed by atoms with Crippen LogP contribution in [0.4, 0.5) is 10.1 Å². The zero-order chi connectivity index (χ0) is 13.0. The summed E-state index contributed by atoms with van der Waals surface area (Å²) in [7, 11) is 2.92. The van der Waals surface area contributed by atoms with Crippen LogP contribution in [0.15, 0.2) is 18.2 Å². The van der Waals surface area contributed by atoms with E-state index in [1.165, 1.54) is 37.2 Å². The Bertz CT molecular complexity index is 448. The van der Waals surface area contributed by atoms with Crippen LogP contribution in [-0.4, -0.2) is 37.4 Å². The van der Waals surface area contributed by atoms with E-state index in [9.17, 15) is 14.0 Å². The summed E-state index contributed by atoms with van der Waals surface area (Å²) in [5.74, 6) is -1.45. The molecular formula is C11H14FN3O2. The van der Waals surface area contributed by atoms with Gasteiger partial charge < -0.3 is 16.0 Å². The quantitative estimate of drug-likeness (QED) is 0.741. The van der Waals surface area contributed by atoms with Crippen LogP contribution in [0.3, 0.4) is 0 Å². The molecule has 5 nitrogen and oxygen atoms in total. The Kier molecular flexibility index (Phi) is 4.03. The van der Waals surface area contributed by atoms with E-state index in [-0.39, 0.29) is 23.7 Å². The molecule has 0 aliphatic carbocycles. The second kappa shape index (κ2) is 5.29. The van der Waals surface area contributed by atoms with Crippen LogP contribution in [0.2, 0.25) is 0 Å². The Labute approximate surface area is 98.4 Å². The number of nitrogens with one attached hydrogen (secondary N) is 1. The lowest BCUT2D eigenvalue weighted by Gasteiger charge is -2.17. The molecule has 0 bridgehead atoms. The lowest BCUT2D eigenvalue weighted by atomic mass is 10.1. The maximum Gasteiger partial charge on any atom is 0.256 e. The molecule has 17 heavy (non-hydrogen) atoms. The van der Waals surface area contributed by atoms with Gasteiger partial charge >= 0.3 is 0 Å². The van der Waals surface area contributed by atoms with Crippen LogP contribution in [0.5, 0.6) is 0 Å². The molecule has 1 aromatic carbocycles. The molecule has 6 heteroatoms. The van der Waals surface area contributed by atoms with Crippen molar-refractivity contribution in [3.8, 4) is 0 Å². The molecule has 0 aromatic heterocycles. The second-order valence-corrected chi connectivity index (χ2v) is 3.54. The summed E-state index contributed by atoms with van der Waals surface area (Å²) in [6, 6.07) is 3.98. The molecule has 0 atom stereocenters. The first-order chi connectivity index (χ1) is 7.97. The Morgan fingerprint density at radius 1 is 1.47 bits per heavy atom. The van der Waals surface area contributed by atoms with Crippen molar-refractivity contribution in [1.29, 1.82) is 0 Å². The number of nitrogen functional groups attached to an aromatic ring is 1. The summed E-state index contributed by atoms with van der Waals surface area (Å²) in [6.07, 6.45) is 0. The average Bonchev–Trinajstić information content (AvgIpc) is 2.31. The minimum Gasteiger partial charge on any atom is -0.396 e. The number of nitrogens with zero attached hydrogens (tertiary/aromatic N) is 1. The molecule has 0 unspecified atom stereocenters. The van der Waals surface area contributed by atoms with Crippen LogP contribution in [0, 0.1) is 5.82 Å². The van der Waals surface area contributed by atoms with Crippen molar-refractivity contribution in [2.45, 2.75) is 0 Å². The van der Waals surface area contributed by atoms with E-state index in [1.54, 1.807) is 0 Å². The van der Waals surface area contributed by atoms with Crippen molar-refractivity contribution in [2.24, 2.45) is 0 Å². The topological polar surface area (TPSA) is 75.4 Å². The molecule has 0 radical (unpaired) electrons. The Balaban J connectivity index is 2.89. The Hall–Kier alpha value is -2.11. The zero-order valence-corrected chi connectivity index (χ0v) is 9.66. The number of amides is 2. The van der Waals surface area contributed by atoms with Crippen molar-refractivity contribution in [1.82, 2.24) is 10.2 Å². The predicted molar refractivity (Wildman–Crippen MR) is 61.8 cm³/mol. The van der Waals surface area contributed by atoms with Gasteiger partial charge in [0.2, 0.25) is 5.91 Å². The number of nitrogens with two attached hydrogens (primary N) is 1. The largest absolute Gasteiger partial charge is 0.396 e. The van der Waals surface area contributed by atoms with Crippen LogP contribution >= 0.6 is 0 Å². The fourth-order valence-corrected chi connectivity index (χ4v) is 1.30. The molecule has 1 rings (SSSR count). The third kappa shape index (κ3) is 2.93. The molecule has 2 amide bonds. The van der Waals surface area contributed by atoms with Crippen molar-refractivity contribution in [2.75, 3.05) is 26.4 Å². The normalized spacial score (nSPS) is 9.82. The van der Waals surface area contributed by atoms with Gasteiger partial charge in [-0.15, -0.1) is 0 Å². The number of hydrogen-bond donors (Lipinski definition) is 2. The molecule has 92 valence electrons. The van der Waals surface area contributed by atoms with Crippen molar-refractivity contribution in [3.63, 3.8) is 0 Å². The first-order valence-corrected chi connectivity index (χ1v) is 4.97. The summed E-state index contributed by atoms with van der Waals surface area (Å²) >= 11 is 0. The van der Waals surface area contributed by atoms with Gasteiger partial charge in [-0.2, -0.15) is 0 Å². The SMILES string of the molecule is CNC(=O)CN(C)C(=O)c1cccc(F)c1N. The Morgan fingerprint density at radius 2 is 2.12 bits per heavy atom. The van der Waals surface area contributed by atoms with Crippen molar-refractivity contribution < 1.29 is 14.0 Å². The number of para-hydroxylation sites is 1. The standard InChI is InChI=1S/C11H14FN3O2/c1-14-9(16)6-15(2)11(17)7-4-3-5-8(12)10(7)13/h3-5H,6,13H2,1-2H3,(H,14,16). The molecule has 1 aromatic rings. The highest BCUT2D eigenvalue weighted by Crippen LogP contribution is 2.17. The Morgan fingerprint density at radius 3 is 2.71 bits per heavy atom. The van der Waals surface area contributed by atoms with E-state index in [0.29, 0.717) is 0 Å². The van der Waals surface area contributed by atoms with Gasteiger partial charge in [0.05, 0.1) is 17.8 Å². The van der Waals surface area contributed by atoms with Gasteiger partial charge in [0.15, 0.2) is 0 Å². The molecule has 0 heterocycles. The van der Waals surface area contributed by atoms with Gasteiger partial charge in [0.1, 0.15) is 5.82 Å². The lowest BCUT2D eigenvalue weighted by Crippen LogP contribution is -2.37. The molecule has 0 aliphatic rings. The fourth-order valence-electron chi connectivity index (χ4n) is 1.30. The third-order valence-electron chi connectivity index (χ3n) is 2.29. The number of rotatable bonds is 3. The molecule has 0 fully saturated rings. The molecule has 0 aliphatic heterocycles. The highest BCUT2D eigenvalue weighted by atomic mass is 19.1. The average molecular weight is 239 g/mol. The zero-order valence-electron chi connectivity index (χ0n) is 9.66. The molecule has 0 saturated carbocycles. The van der Waals surface area contributed by atoms with E-state index in [1.807, 2.05) is 0 Å². The highest BCUT2D eigenvalue weighted by Gasteiger charge is 2.18. The van der Waals surface area contributed by atoms with Crippen LogP contribution in [-0.2, 0) is 4.79 Å². The number of carbonyl (C=O) groups is 2. The monoisotopic (exact) mass is 239 g/mol. The van der Waals surface area contributed by atoms with E-state index in [0.717, 1.165) is 0 Å². The fraction of sp³-hybridized carbons (Fsp3) is 0.273. The summed E-state index contributed by atoms with van der Waals surface area (Å²) in [6.45, 7) is -0.106. The van der Waals surface area contributed by atoms with Crippen LogP contribution in [0.25, 0.3) is 0 Å². The van der Waals surface area contributed by atoms with Gasteiger partial charge in [-0.3, -0.25) is 9.59 Å². The number of likely N-dealkylation sites (N-methyl/N-ethyl adjacent to an activating group) is 2. The molecule has 0 spiro atoms. The van der Waals surface area contributed by atoms with E-state index in [4.69, 9.17) is 5.73 Å². The van der Waals surface area contributed by atoms with E-state index in [2.05, 4.69) is 5.32 Å². The van der Waals surface area contributed by atoms with Gasteiger partial charge in [0.25, 0.3) is 5.91 Å². The third-order valence-corrected chi connectivity index (χ3v) is 2.29. The molecule has 0 saturated heterocycles. The minimum absolute atomic E-state index is 0.0522. The van der Waals surface area contributed by atoms with E-state index < -0.39 is 11.7 Å². The maximum absolute atomic E-state index is 13.2. The van der Waals surface area contributed by atoms with Crippen molar-refractivity contribution >= 4 is 17.5 Å². The van der Waals surface area contributed by atoms with Gasteiger partial charge in [-0.1, -0.05) is 6.07 Å². The second-order valence-electron chi connectivity index (χ2n) is 3.54. The number of benzene rings is 1. The summed E-state index contributed by atoms with van der Waals surface area (Å²) in [5, 5.41) is 2.39. The maximum atomic E-state index is 13.2. The molecule has 3 N–H and O–H groups in total. The summed E-state index contributed by atoms with van der Waals surface area (Å²) in [4.78, 5) is 24.1. The summed E-state index contributed by atoms with van der Waals surface area (Å²) < 4.78 is 13.2. The van der Waals surface area contributed by atoms with E-state index >= 15 is 0 Å². The van der Waals surface area contributed by atoms with Crippen LogP contribution < -0.4 is 11.1 Å². The molecular weight excluding hydrogens is 225 g/mol. The number of carbonyl (C=O) groups excluding carboxylic acids is 2. The lowest BCUT2D eigenvalue weighted by molar-refractivity contribution is -0.121. The van der Waals surface area contributed by atoms with Gasteiger partial charge in [-0.05, 0) is 12.1 Å². The van der Waals surface area contributed by atoms with Crippen LogP contribution in [0.1, 0.15) is 10.4 Å². The first-order valence-electron chi connectivity index (χ1n) is 4.97. The summed E-state index contributed by atoms with van der Waals surface area (Å²) in [5.41, 5.74) is 5.31. The minimum atomic E-state index is -0.649. The van der Waals surface area contributed by atoms with Crippen molar-refractivity contribution in [3.05, 3.63) is 29.6 Å². The first kappa shape index (κ1) is 13.0.